The first kappa shape index (κ1) is 12.5. The molecule has 94 valence electrons. The molecule has 0 radical (unpaired) electrons. The minimum atomic E-state index is -1.05. The molecule has 1 unspecified atom stereocenters. The minimum absolute atomic E-state index is 0.105. The van der Waals surface area contributed by atoms with Gasteiger partial charge in [-0.25, -0.2) is 9.18 Å². The summed E-state index contributed by atoms with van der Waals surface area (Å²) < 4.78 is 12.8. The first-order valence-corrected chi connectivity index (χ1v) is 5.64. The Hall–Kier alpha value is -1.95. The highest BCUT2D eigenvalue weighted by atomic mass is 32.1. The maximum atomic E-state index is 12.8. The molecule has 0 amide bonds. The fraction of sp³-hybridized carbons (Fsp3) is 0.167. The quantitative estimate of drug-likeness (QED) is 0.797. The molecule has 1 aliphatic rings. The summed E-state index contributed by atoms with van der Waals surface area (Å²) in [4.78, 5) is 12.5. The van der Waals surface area contributed by atoms with E-state index < -0.39 is 5.97 Å². The zero-order chi connectivity index (χ0) is 13.3. The summed E-state index contributed by atoms with van der Waals surface area (Å²) in [6.07, 6.45) is 1.55. The molecule has 1 heterocycles. The van der Waals surface area contributed by atoms with Crippen molar-refractivity contribution in [2.24, 2.45) is 0 Å². The summed E-state index contributed by atoms with van der Waals surface area (Å²) in [7, 11) is 1.58. The number of halogens is 1. The molecule has 1 aliphatic heterocycles. The molecule has 0 saturated carbocycles. The molecule has 1 aromatic rings. The molecular formula is C12H11FN2O2S. The number of nitrogens with zero attached hydrogens (tertiary/aromatic N) is 1. The van der Waals surface area contributed by atoms with Gasteiger partial charge in [0.15, 0.2) is 5.11 Å². The molecule has 18 heavy (non-hydrogen) atoms. The largest absolute Gasteiger partial charge is 0.477 e. The van der Waals surface area contributed by atoms with Gasteiger partial charge in [-0.15, -0.1) is 0 Å². The van der Waals surface area contributed by atoms with E-state index in [0.717, 1.165) is 5.56 Å². The van der Waals surface area contributed by atoms with Crippen molar-refractivity contribution in [2.45, 2.75) is 6.04 Å². The predicted octanol–water partition coefficient (Wildman–Crippen LogP) is 1.66. The Kier molecular flexibility index (Phi) is 3.29. The van der Waals surface area contributed by atoms with Crippen molar-refractivity contribution in [3.63, 3.8) is 0 Å². The molecule has 1 aromatic carbocycles. The van der Waals surface area contributed by atoms with Crippen LogP contribution in [0.3, 0.4) is 0 Å². The van der Waals surface area contributed by atoms with Crippen LogP contribution in [0.2, 0.25) is 0 Å². The fourth-order valence-electron chi connectivity index (χ4n) is 1.72. The SMILES string of the molecule is CN1C(=S)NC(c2ccc(F)cc2)C=C1C(=O)O. The maximum absolute atomic E-state index is 12.8. The molecule has 6 heteroatoms. The Bertz CT molecular complexity index is 527. The summed E-state index contributed by atoms with van der Waals surface area (Å²) in [5.41, 5.74) is 0.860. The van der Waals surface area contributed by atoms with Gasteiger partial charge in [-0.2, -0.15) is 0 Å². The lowest BCUT2D eigenvalue weighted by Crippen LogP contribution is -2.44. The summed E-state index contributed by atoms with van der Waals surface area (Å²) in [5.74, 6) is -1.38. The lowest BCUT2D eigenvalue weighted by atomic mass is 10.0. The van der Waals surface area contributed by atoms with E-state index in [1.807, 2.05) is 0 Å². The number of hydrogen-bond acceptors (Lipinski definition) is 2. The number of benzene rings is 1. The molecule has 2 rings (SSSR count). The lowest BCUT2D eigenvalue weighted by Gasteiger charge is -2.31. The average molecular weight is 266 g/mol. The topological polar surface area (TPSA) is 52.6 Å². The Morgan fingerprint density at radius 2 is 2.06 bits per heavy atom. The molecule has 0 aromatic heterocycles. The van der Waals surface area contributed by atoms with Crippen molar-refractivity contribution >= 4 is 23.3 Å². The monoisotopic (exact) mass is 266 g/mol. The Morgan fingerprint density at radius 3 is 2.61 bits per heavy atom. The van der Waals surface area contributed by atoms with E-state index in [4.69, 9.17) is 17.3 Å². The van der Waals surface area contributed by atoms with Gasteiger partial charge in [0.05, 0.1) is 6.04 Å². The number of carbonyl (C=O) groups is 1. The first-order valence-electron chi connectivity index (χ1n) is 5.24. The van der Waals surface area contributed by atoms with Crippen molar-refractivity contribution in [3.05, 3.63) is 47.4 Å². The van der Waals surface area contributed by atoms with Gasteiger partial charge in [-0.3, -0.25) is 0 Å². The maximum Gasteiger partial charge on any atom is 0.352 e. The van der Waals surface area contributed by atoms with Crippen molar-refractivity contribution in [1.82, 2.24) is 10.2 Å². The zero-order valence-corrected chi connectivity index (χ0v) is 10.4. The summed E-state index contributed by atoms with van der Waals surface area (Å²) >= 11 is 5.06. The molecule has 2 N–H and O–H groups in total. The van der Waals surface area contributed by atoms with Gasteiger partial charge in [0.25, 0.3) is 0 Å². The third-order valence-electron chi connectivity index (χ3n) is 2.72. The Balaban J connectivity index is 2.37. The van der Waals surface area contributed by atoms with E-state index in [0.29, 0.717) is 5.11 Å². The van der Waals surface area contributed by atoms with Gasteiger partial charge in [0.1, 0.15) is 11.5 Å². The van der Waals surface area contributed by atoms with Crippen LogP contribution in [-0.2, 0) is 4.79 Å². The third kappa shape index (κ3) is 2.33. The highest BCUT2D eigenvalue weighted by Gasteiger charge is 2.25. The summed E-state index contributed by atoms with van der Waals surface area (Å²) in [6, 6.07) is 5.48. The number of nitrogens with one attached hydrogen (secondary N) is 1. The number of carboxylic acids is 1. The van der Waals surface area contributed by atoms with Crippen LogP contribution in [0.25, 0.3) is 0 Å². The van der Waals surface area contributed by atoms with Gasteiger partial charge in [0, 0.05) is 7.05 Å². The van der Waals surface area contributed by atoms with Gasteiger partial charge in [-0.1, -0.05) is 12.1 Å². The zero-order valence-electron chi connectivity index (χ0n) is 9.55. The van der Waals surface area contributed by atoms with Crippen molar-refractivity contribution < 1.29 is 14.3 Å². The van der Waals surface area contributed by atoms with E-state index in [1.165, 1.54) is 17.0 Å². The van der Waals surface area contributed by atoms with Gasteiger partial charge < -0.3 is 15.3 Å². The van der Waals surface area contributed by atoms with Crippen LogP contribution in [0.4, 0.5) is 4.39 Å². The van der Waals surface area contributed by atoms with E-state index in [1.54, 1.807) is 25.3 Å². The number of rotatable bonds is 2. The third-order valence-corrected chi connectivity index (χ3v) is 3.11. The van der Waals surface area contributed by atoms with E-state index in [9.17, 15) is 9.18 Å². The normalized spacial score (nSPS) is 19.2. The molecule has 0 spiro atoms. The van der Waals surface area contributed by atoms with Crippen LogP contribution in [0.1, 0.15) is 11.6 Å². The molecule has 0 bridgehead atoms. The van der Waals surface area contributed by atoms with Crippen LogP contribution in [0.5, 0.6) is 0 Å². The standard InChI is InChI=1S/C12H11FN2O2S/c1-15-10(11(16)17)6-9(14-12(15)18)7-2-4-8(13)5-3-7/h2-6,9H,1H3,(H,14,18)(H,16,17). The average Bonchev–Trinajstić information content (AvgIpc) is 2.33. The van der Waals surface area contributed by atoms with Crippen LogP contribution < -0.4 is 5.32 Å². The van der Waals surface area contributed by atoms with Gasteiger partial charge in [0.2, 0.25) is 0 Å². The van der Waals surface area contributed by atoms with Crippen LogP contribution >= 0.6 is 12.2 Å². The number of aliphatic carboxylic acids is 1. The van der Waals surface area contributed by atoms with Crippen molar-refractivity contribution in [1.29, 1.82) is 0 Å². The second-order valence-corrected chi connectivity index (χ2v) is 4.28. The molecule has 0 aliphatic carbocycles. The smallest absolute Gasteiger partial charge is 0.352 e. The number of thiocarbonyl (C=S) groups is 1. The first-order chi connectivity index (χ1) is 8.49. The number of likely N-dealkylation sites (N-methyl/N-ethyl adjacent to an activating group) is 1. The van der Waals surface area contributed by atoms with Crippen LogP contribution in [-0.4, -0.2) is 28.1 Å². The Labute approximate surface area is 109 Å². The second-order valence-electron chi connectivity index (χ2n) is 3.89. The minimum Gasteiger partial charge on any atom is -0.477 e. The van der Waals surface area contributed by atoms with E-state index >= 15 is 0 Å². The lowest BCUT2D eigenvalue weighted by molar-refractivity contribution is -0.133. The van der Waals surface area contributed by atoms with Crippen LogP contribution in [0, 0.1) is 5.82 Å². The van der Waals surface area contributed by atoms with Gasteiger partial charge >= 0.3 is 5.97 Å². The highest BCUT2D eigenvalue weighted by Crippen LogP contribution is 2.22. The summed E-state index contributed by atoms with van der Waals surface area (Å²) in [5, 5.41) is 12.4. The summed E-state index contributed by atoms with van der Waals surface area (Å²) in [6.45, 7) is 0. The van der Waals surface area contributed by atoms with Crippen molar-refractivity contribution in [3.8, 4) is 0 Å². The van der Waals surface area contributed by atoms with E-state index in [2.05, 4.69) is 5.32 Å². The predicted molar refractivity (Wildman–Crippen MR) is 68.4 cm³/mol. The van der Waals surface area contributed by atoms with Crippen LogP contribution in [0.15, 0.2) is 36.0 Å². The van der Waals surface area contributed by atoms with Gasteiger partial charge in [-0.05, 0) is 36.0 Å². The molecule has 4 nitrogen and oxygen atoms in total. The Morgan fingerprint density at radius 1 is 1.44 bits per heavy atom. The molecule has 0 fully saturated rings. The second kappa shape index (κ2) is 4.73. The molecule has 1 atom stereocenters. The van der Waals surface area contributed by atoms with E-state index in [-0.39, 0.29) is 17.6 Å². The van der Waals surface area contributed by atoms with Crippen molar-refractivity contribution in [2.75, 3.05) is 7.05 Å². The fourth-order valence-corrected chi connectivity index (χ4v) is 1.94. The molecule has 0 saturated heterocycles. The number of carboxylic acid groups (broad SMARTS) is 1. The number of hydrogen-bond donors (Lipinski definition) is 2. The molecular weight excluding hydrogens is 255 g/mol. The highest BCUT2D eigenvalue weighted by molar-refractivity contribution is 7.80.